The molecular formula is C18H22N2O5S. The van der Waals surface area contributed by atoms with Crippen molar-refractivity contribution in [2.75, 3.05) is 27.2 Å². The van der Waals surface area contributed by atoms with Crippen LogP contribution in [0.3, 0.4) is 0 Å². The Kier molecular flexibility index (Phi) is 5.15. The molecule has 1 fully saturated rings. The average Bonchev–Trinajstić information content (AvgIpc) is 2.87. The highest BCUT2D eigenvalue weighted by atomic mass is 32.2. The molecule has 2 amide bonds. The summed E-state index contributed by atoms with van der Waals surface area (Å²) in [6, 6.07) is 6.06. The first-order valence-corrected chi connectivity index (χ1v) is 9.92. The lowest BCUT2D eigenvalue weighted by Crippen LogP contribution is -2.34. The van der Waals surface area contributed by atoms with Gasteiger partial charge in [0.1, 0.15) is 12.4 Å². The third-order valence-corrected chi connectivity index (χ3v) is 6.61. The fourth-order valence-corrected chi connectivity index (χ4v) is 4.16. The number of hydrogen-bond acceptors (Lipinski definition) is 5. The molecule has 0 N–H and O–H groups in total. The predicted octanol–water partition coefficient (Wildman–Crippen LogP) is 1.27. The number of fused-ring (bicyclic) bond motifs is 1. The van der Waals surface area contributed by atoms with Gasteiger partial charge in [-0.3, -0.25) is 14.5 Å². The lowest BCUT2D eigenvalue weighted by Gasteiger charge is -2.15. The highest BCUT2D eigenvalue weighted by Gasteiger charge is 2.46. The van der Waals surface area contributed by atoms with Crippen LogP contribution < -0.4 is 4.74 Å². The van der Waals surface area contributed by atoms with Gasteiger partial charge in [-0.15, -0.1) is 0 Å². The Morgan fingerprint density at radius 2 is 1.58 bits per heavy atom. The van der Waals surface area contributed by atoms with Gasteiger partial charge in [0.25, 0.3) is 0 Å². The largest absolute Gasteiger partial charge is 0.492 e. The van der Waals surface area contributed by atoms with Crippen LogP contribution in [0.2, 0.25) is 0 Å². The number of hydrogen-bond donors (Lipinski definition) is 0. The zero-order valence-electron chi connectivity index (χ0n) is 14.8. The van der Waals surface area contributed by atoms with Crippen LogP contribution in [0.25, 0.3) is 0 Å². The van der Waals surface area contributed by atoms with Crippen LogP contribution in [-0.2, 0) is 19.6 Å². The first kappa shape index (κ1) is 18.6. The molecule has 0 aromatic heterocycles. The summed E-state index contributed by atoms with van der Waals surface area (Å²) in [6.07, 6.45) is 5.15. The van der Waals surface area contributed by atoms with E-state index in [9.17, 15) is 18.0 Å². The van der Waals surface area contributed by atoms with Crippen molar-refractivity contribution >= 4 is 21.8 Å². The number of benzene rings is 1. The van der Waals surface area contributed by atoms with Gasteiger partial charge in [-0.2, -0.15) is 0 Å². The van der Waals surface area contributed by atoms with Crippen LogP contribution in [-0.4, -0.2) is 56.7 Å². The molecule has 0 unspecified atom stereocenters. The van der Waals surface area contributed by atoms with Crippen molar-refractivity contribution in [2.24, 2.45) is 11.8 Å². The molecule has 8 heteroatoms. The van der Waals surface area contributed by atoms with Crippen molar-refractivity contribution in [2.45, 2.75) is 17.7 Å². The molecule has 1 heterocycles. The minimum atomic E-state index is -3.48. The molecular weight excluding hydrogens is 356 g/mol. The average molecular weight is 378 g/mol. The van der Waals surface area contributed by atoms with Crippen LogP contribution in [0, 0.1) is 11.8 Å². The number of nitrogens with zero attached hydrogens (tertiary/aromatic N) is 2. The second kappa shape index (κ2) is 7.20. The van der Waals surface area contributed by atoms with Crippen molar-refractivity contribution in [3.63, 3.8) is 0 Å². The second-order valence-corrected chi connectivity index (χ2v) is 8.74. The summed E-state index contributed by atoms with van der Waals surface area (Å²) in [6.45, 7) is 0.368. The molecule has 7 nitrogen and oxygen atoms in total. The minimum Gasteiger partial charge on any atom is -0.492 e. The summed E-state index contributed by atoms with van der Waals surface area (Å²) in [5.74, 6) is -0.229. The number of ether oxygens (including phenoxy) is 1. The first-order chi connectivity index (χ1) is 12.3. The Labute approximate surface area is 153 Å². The summed E-state index contributed by atoms with van der Waals surface area (Å²) >= 11 is 0. The molecule has 140 valence electrons. The van der Waals surface area contributed by atoms with Crippen molar-refractivity contribution in [3.05, 3.63) is 36.4 Å². The number of carbonyl (C=O) groups excluding carboxylic acids is 2. The molecule has 26 heavy (non-hydrogen) atoms. The van der Waals surface area contributed by atoms with Crippen LogP contribution >= 0.6 is 0 Å². The fraction of sp³-hybridized carbons (Fsp3) is 0.444. The first-order valence-electron chi connectivity index (χ1n) is 8.48. The maximum absolute atomic E-state index is 12.4. The quantitative estimate of drug-likeness (QED) is 0.550. The summed E-state index contributed by atoms with van der Waals surface area (Å²) in [7, 11) is -0.541. The van der Waals surface area contributed by atoms with Gasteiger partial charge >= 0.3 is 0 Å². The van der Waals surface area contributed by atoms with Crippen LogP contribution in [0.1, 0.15) is 12.8 Å². The Morgan fingerprint density at radius 3 is 2.08 bits per heavy atom. The molecule has 2 atom stereocenters. The molecule has 1 saturated heterocycles. The molecule has 0 radical (unpaired) electrons. The molecule has 1 aliphatic carbocycles. The predicted molar refractivity (Wildman–Crippen MR) is 94.9 cm³/mol. The molecule has 2 aliphatic rings. The highest BCUT2D eigenvalue weighted by molar-refractivity contribution is 7.89. The van der Waals surface area contributed by atoms with Crippen LogP contribution in [0.5, 0.6) is 5.75 Å². The third-order valence-electron chi connectivity index (χ3n) is 4.78. The van der Waals surface area contributed by atoms with E-state index < -0.39 is 10.0 Å². The highest BCUT2D eigenvalue weighted by Crippen LogP contribution is 2.34. The van der Waals surface area contributed by atoms with E-state index in [1.165, 1.54) is 31.1 Å². The van der Waals surface area contributed by atoms with E-state index in [4.69, 9.17) is 4.74 Å². The van der Waals surface area contributed by atoms with Gasteiger partial charge in [0.2, 0.25) is 21.8 Å². The molecule has 0 bridgehead atoms. The van der Waals surface area contributed by atoms with Gasteiger partial charge in [-0.25, -0.2) is 12.7 Å². The van der Waals surface area contributed by atoms with Gasteiger partial charge in [0.05, 0.1) is 23.3 Å². The van der Waals surface area contributed by atoms with Gasteiger partial charge in [0.15, 0.2) is 0 Å². The van der Waals surface area contributed by atoms with Gasteiger partial charge in [-0.1, -0.05) is 12.2 Å². The van der Waals surface area contributed by atoms with E-state index in [1.54, 1.807) is 12.1 Å². The lowest BCUT2D eigenvalue weighted by atomic mass is 9.85. The number of likely N-dealkylation sites (tertiary alicyclic amines) is 1. The smallest absolute Gasteiger partial charge is 0.242 e. The Balaban J connectivity index is 1.57. The summed E-state index contributed by atoms with van der Waals surface area (Å²) in [4.78, 5) is 26.2. The fourth-order valence-electron chi connectivity index (χ4n) is 3.26. The van der Waals surface area contributed by atoms with E-state index in [0.29, 0.717) is 18.6 Å². The Hall–Kier alpha value is -2.19. The number of sulfonamides is 1. The molecule has 3 rings (SSSR count). The van der Waals surface area contributed by atoms with Crippen molar-refractivity contribution in [3.8, 4) is 5.75 Å². The maximum Gasteiger partial charge on any atom is 0.242 e. The zero-order valence-corrected chi connectivity index (χ0v) is 15.6. The second-order valence-electron chi connectivity index (χ2n) is 6.59. The monoisotopic (exact) mass is 378 g/mol. The number of allylic oxidation sites excluding steroid dienone is 2. The van der Waals surface area contributed by atoms with Crippen LogP contribution in [0.15, 0.2) is 41.3 Å². The number of carbonyl (C=O) groups is 2. The van der Waals surface area contributed by atoms with E-state index in [-0.39, 0.29) is 41.7 Å². The van der Waals surface area contributed by atoms with E-state index >= 15 is 0 Å². The number of rotatable bonds is 6. The van der Waals surface area contributed by atoms with Crippen molar-refractivity contribution in [1.82, 2.24) is 9.21 Å². The molecule has 1 aliphatic heterocycles. The molecule has 0 saturated carbocycles. The van der Waals surface area contributed by atoms with Crippen molar-refractivity contribution < 1.29 is 22.7 Å². The summed E-state index contributed by atoms with van der Waals surface area (Å²) < 4.78 is 30.8. The topological polar surface area (TPSA) is 84.0 Å². The van der Waals surface area contributed by atoms with E-state index in [1.807, 2.05) is 12.2 Å². The Bertz CT molecular complexity index is 804. The third kappa shape index (κ3) is 3.39. The standard InChI is InChI=1S/C18H22N2O5S/c1-19(2)26(23,24)14-9-7-13(8-10-14)25-12-11-20-17(21)15-5-3-4-6-16(15)18(20)22/h3-4,7-10,15-16H,5-6,11-12H2,1-2H3/t15-,16-/m1/s1. The summed E-state index contributed by atoms with van der Waals surface area (Å²) in [5.41, 5.74) is 0. The van der Waals surface area contributed by atoms with Gasteiger partial charge in [-0.05, 0) is 37.1 Å². The molecule has 0 spiro atoms. The van der Waals surface area contributed by atoms with Gasteiger partial charge in [0, 0.05) is 14.1 Å². The van der Waals surface area contributed by atoms with E-state index in [2.05, 4.69) is 0 Å². The number of amides is 2. The number of imide groups is 1. The maximum atomic E-state index is 12.4. The van der Waals surface area contributed by atoms with Crippen LogP contribution in [0.4, 0.5) is 0 Å². The molecule has 1 aromatic rings. The Morgan fingerprint density at radius 1 is 1.04 bits per heavy atom. The molecule has 1 aromatic carbocycles. The van der Waals surface area contributed by atoms with Crippen molar-refractivity contribution in [1.29, 1.82) is 0 Å². The van der Waals surface area contributed by atoms with Gasteiger partial charge < -0.3 is 4.74 Å². The SMILES string of the molecule is CN(C)S(=O)(=O)c1ccc(OCCN2C(=O)[C@@H]3CC=CC[C@H]3C2=O)cc1. The lowest BCUT2D eigenvalue weighted by molar-refractivity contribution is -0.140. The minimum absolute atomic E-state index is 0.125. The zero-order chi connectivity index (χ0) is 18.9. The van der Waals surface area contributed by atoms with E-state index in [0.717, 1.165) is 4.31 Å². The summed E-state index contributed by atoms with van der Waals surface area (Å²) in [5, 5.41) is 0. The normalized spacial score (nSPS) is 22.8.